The monoisotopic (exact) mass is 306 g/mol. The largest absolute Gasteiger partial charge is 0.491 e. The highest BCUT2D eigenvalue weighted by atomic mass is 16.5. The van der Waals surface area contributed by atoms with E-state index in [4.69, 9.17) is 4.74 Å². The van der Waals surface area contributed by atoms with Crippen molar-refractivity contribution in [1.29, 1.82) is 0 Å². The van der Waals surface area contributed by atoms with Gasteiger partial charge in [-0.05, 0) is 56.1 Å². The summed E-state index contributed by atoms with van der Waals surface area (Å²) < 4.78 is 5.60. The van der Waals surface area contributed by atoms with Crippen molar-refractivity contribution in [2.75, 3.05) is 31.6 Å². The van der Waals surface area contributed by atoms with E-state index in [9.17, 15) is 9.90 Å². The Hall–Kier alpha value is -1.59. The summed E-state index contributed by atoms with van der Waals surface area (Å²) >= 11 is 0. The average Bonchev–Trinajstić information content (AvgIpc) is 2.48. The number of piperidine rings is 1. The summed E-state index contributed by atoms with van der Waals surface area (Å²) in [5, 5.41) is 12.8. The second-order valence-corrected chi connectivity index (χ2v) is 6.15. The Morgan fingerprint density at radius 3 is 2.59 bits per heavy atom. The van der Waals surface area contributed by atoms with Crippen molar-refractivity contribution in [1.82, 2.24) is 4.90 Å². The van der Waals surface area contributed by atoms with Gasteiger partial charge in [0, 0.05) is 19.2 Å². The smallest absolute Gasteiger partial charge is 0.221 e. The number of nitrogens with one attached hydrogen (secondary N) is 1. The molecular formula is C17H26N2O3. The van der Waals surface area contributed by atoms with Crippen molar-refractivity contribution in [3.05, 3.63) is 24.3 Å². The molecule has 2 N–H and O–H groups in total. The van der Waals surface area contributed by atoms with Gasteiger partial charge < -0.3 is 20.1 Å². The molecule has 1 fully saturated rings. The lowest BCUT2D eigenvalue weighted by Gasteiger charge is -2.31. The number of aliphatic hydroxyl groups excluding tert-OH is 1. The Bertz CT molecular complexity index is 467. The number of hydrogen-bond donors (Lipinski definition) is 2. The van der Waals surface area contributed by atoms with E-state index in [1.54, 1.807) is 24.3 Å². The molecule has 1 heterocycles. The maximum Gasteiger partial charge on any atom is 0.221 e. The lowest BCUT2D eigenvalue weighted by Crippen LogP contribution is -2.40. The lowest BCUT2D eigenvalue weighted by molar-refractivity contribution is -0.114. The average molecular weight is 306 g/mol. The molecule has 1 saturated heterocycles. The van der Waals surface area contributed by atoms with Gasteiger partial charge in [0.2, 0.25) is 5.91 Å². The molecule has 1 atom stereocenters. The van der Waals surface area contributed by atoms with E-state index < -0.39 is 6.10 Å². The highest BCUT2D eigenvalue weighted by molar-refractivity contribution is 5.88. The third-order valence-corrected chi connectivity index (χ3v) is 3.96. The van der Waals surface area contributed by atoms with Crippen LogP contribution in [0, 0.1) is 5.92 Å². The molecule has 5 nitrogen and oxygen atoms in total. The number of anilines is 1. The van der Waals surface area contributed by atoms with E-state index in [0.717, 1.165) is 24.7 Å². The number of nitrogens with zero attached hydrogens (tertiary/aromatic N) is 1. The molecule has 0 saturated carbocycles. The van der Waals surface area contributed by atoms with Crippen LogP contribution in [-0.2, 0) is 4.79 Å². The molecule has 0 unspecified atom stereocenters. The molecule has 1 amide bonds. The first-order valence-corrected chi connectivity index (χ1v) is 7.94. The van der Waals surface area contributed by atoms with Crippen LogP contribution in [0.4, 0.5) is 5.69 Å². The molecule has 1 aromatic carbocycles. The van der Waals surface area contributed by atoms with Crippen LogP contribution in [0.3, 0.4) is 0 Å². The van der Waals surface area contributed by atoms with Crippen LogP contribution in [-0.4, -0.2) is 48.3 Å². The molecular weight excluding hydrogens is 280 g/mol. The second-order valence-electron chi connectivity index (χ2n) is 6.15. The number of aliphatic hydroxyl groups is 1. The summed E-state index contributed by atoms with van der Waals surface area (Å²) in [6.45, 7) is 6.82. The van der Waals surface area contributed by atoms with E-state index in [1.165, 1.54) is 19.8 Å². The predicted molar refractivity (Wildman–Crippen MR) is 87.1 cm³/mol. The first-order chi connectivity index (χ1) is 10.5. The number of β-amino-alcohol motifs (C(OH)–C–C–N with tert-alkyl or cyclic N) is 1. The number of ether oxygens (including phenoxy) is 1. The number of benzene rings is 1. The Morgan fingerprint density at radius 2 is 2.00 bits per heavy atom. The van der Waals surface area contributed by atoms with Crippen LogP contribution in [0.15, 0.2) is 24.3 Å². The standard InChI is InChI=1S/C17H26N2O3/c1-13-7-9-19(10-8-13)11-16(21)12-22-17-5-3-15(4-6-17)18-14(2)20/h3-6,13,16,21H,7-12H2,1-2H3,(H,18,20)/t16-/m0/s1. The summed E-state index contributed by atoms with van der Waals surface area (Å²) in [5.74, 6) is 1.40. The third kappa shape index (κ3) is 5.66. The third-order valence-electron chi connectivity index (χ3n) is 3.96. The second kappa shape index (κ2) is 8.15. The summed E-state index contributed by atoms with van der Waals surface area (Å²) in [7, 11) is 0. The predicted octanol–water partition coefficient (Wildman–Crippen LogP) is 2.12. The van der Waals surface area contributed by atoms with Crippen molar-refractivity contribution in [2.45, 2.75) is 32.8 Å². The van der Waals surface area contributed by atoms with Crippen molar-refractivity contribution in [3.63, 3.8) is 0 Å². The first kappa shape index (κ1) is 16.8. The molecule has 1 aliphatic rings. The van der Waals surface area contributed by atoms with Gasteiger partial charge in [-0.25, -0.2) is 0 Å². The first-order valence-electron chi connectivity index (χ1n) is 7.94. The van der Waals surface area contributed by atoms with Crippen molar-refractivity contribution >= 4 is 11.6 Å². The number of hydrogen-bond acceptors (Lipinski definition) is 4. The minimum absolute atomic E-state index is 0.0973. The van der Waals surface area contributed by atoms with Crippen LogP contribution in [0.5, 0.6) is 5.75 Å². The zero-order valence-corrected chi connectivity index (χ0v) is 13.4. The zero-order valence-electron chi connectivity index (χ0n) is 13.4. The minimum atomic E-state index is -0.483. The van der Waals surface area contributed by atoms with Gasteiger partial charge in [0.1, 0.15) is 18.5 Å². The van der Waals surface area contributed by atoms with E-state index in [1.807, 2.05) is 0 Å². The highest BCUT2D eigenvalue weighted by Crippen LogP contribution is 2.17. The van der Waals surface area contributed by atoms with E-state index in [-0.39, 0.29) is 12.5 Å². The van der Waals surface area contributed by atoms with Gasteiger partial charge in [-0.3, -0.25) is 4.79 Å². The van der Waals surface area contributed by atoms with Crippen molar-refractivity contribution in [2.24, 2.45) is 5.92 Å². The maximum atomic E-state index is 10.9. The fourth-order valence-corrected chi connectivity index (χ4v) is 2.63. The number of amides is 1. The maximum absolute atomic E-state index is 10.9. The van der Waals surface area contributed by atoms with Crippen LogP contribution >= 0.6 is 0 Å². The Morgan fingerprint density at radius 1 is 1.36 bits per heavy atom. The Kier molecular flexibility index (Phi) is 6.21. The topological polar surface area (TPSA) is 61.8 Å². The van der Waals surface area contributed by atoms with Gasteiger partial charge in [-0.1, -0.05) is 6.92 Å². The van der Waals surface area contributed by atoms with Gasteiger partial charge in [0.15, 0.2) is 0 Å². The van der Waals surface area contributed by atoms with E-state index >= 15 is 0 Å². The Balaban J connectivity index is 1.71. The summed E-state index contributed by atoms with van der Waals surface area (Å²) in [6.07, 6.45) is 1.93. The normalized spacial score (nSPS) is 18.0. The molecule has 5 heteroatoms. The summed E-state index contributed by atoms with van der Waals surface area (Å²) in [4.78, 5) is 13.2. The molecule has 0 aliphatic carbocycles. The SMILES string of the molecule is CC(=O)Nc1ccc(OC[C@@H](O)CN2CCC(C)CC2)cc1. The molecule has 122 valence electrons. The van der Waals surface area contributed by atoms with Gasteiger partial charge in [0.05, 0.1) is 0 Å². The molecule has 1 aromatic rings. The van der Waals surface area contributed by atoms with Crippen molar-refractivity contribution < 1.29 is 14.6 Å². The summed E-state index contributed by atoms with van der Waals surface area (Å²) in [5.41, 5.74) is 0.739. The number of rotatable bonds is 6. The van der Waals surface area contributed by atoms with Gasteiger partial charge >= 0.3 is 0 Å². The van der Waals surface area contributed by atoms with E-state index in [0.29, 0.717) is 12.3 Å². The summed E-state index contributed by atoms with van der Waals surface area (Å²) in [6, 6.07) is 7.16. The van der Waals surface area contributed by atoms with Crippen LogP contribution in [0.2, 0.25) is 0 Å². The van der Waals surface area contributed by atoms with Gasteiger partial charge in [-0.15, -0.1) is 0 Å². The molecule has 1 aliphatic heterocycles. The minimum Gasteiger partial charge on any atom is -0.491 e. The van der Waals surface area contributed by atoms with Crippen LogP contribution < -0.4 is 10.1 Å². The van der Waals surface area contributed by atoms with E-state index in [2.05, 4.69) is 17.1 Å². The molecule has 0 aromatic heterocycles. The molecule has 0 radical (unpaired) electrons. The van der Waals surface area contributed by atoms with Crippen LogP contribution in [0.25, 0.3) is 0 Å². The zero-order chi connectivity index (χ0) is 15.9. The number of likely N-dealkylation sites (tertiary alicyclic amines) is 1. The quantitative estimate of drug-likeness (QED) is 0.845. The number of carbonyl (C=O) groups is 1. The Labute approximate surface area is 132 Å². The van der Waals surface area contributed by atoms with Crippen molar-refractivity contribution in [3.8, 4) is 5.75 Å². The fourth-order valence-electron chi connectivity index (χ4n) is 2.63. The number of carbonyl (C=O) groups excluding carboxylic acids is 1. The van der Waals surface area contributed by atoms with Crippen LogP contribution in [0.1, 0.15) is 26.7 Å². The molecule has 0 bridgehead atoms. The highest BCUT2D eigenvalue weighted by Gasteiger charge is 2.18. The lowest BCUT2D eigenvalue weighted by atomic mass is 9.99. The van der Waals surface area contributed by atoms with Gasteiger partial charge in [-0.2, -0.15) is 0 Å². The van der Waals surface area contributed by atoms with Gasteiger partial charge in [0.25, 0.3) is 0 Å². The fraction of sp³-hybridized carbons (Fsp3) is 0.588. The molecule has 2 rings (SSSR count). The molecule has 22 heavy (non-hydrogen) atoms. The molecule has 0 spiro atoms.